The van der Waals surface area contributed by atoms with Gasteiger partial charge in [0.1, 0.15) is 0 Å². The lowest BCUT2D eigenvalue weighted by Gasteiger charge is -2.36. The summed E-state index contributed by atoms with van der Waals surface area (Å²) in [4.78, 5) is 4.70. The lowest BCUT2D eigenvalue weighted by atomic mass is 9.77. The first-order valence-corrected chi connectivity index (χ1v) is 8.42. The van der Waals surface area contributed by atoms with Crippen molar-refractivity contribution in [3.05, 3.63) is 11.9 Å². The fraction of sp³-hybridized carbons (Fsp3) is 0.824. The average Bonchev–Trinajstić information content (AvgIpc) is 2.80. The molecule has 1 aromatic rings. The first-order chi connectivity index (χ1) is 9.63. The monoisotopic (exact) mass is 277 g/mol. The maximum Gasteiger partial charge on any atom is 0.203 e. The second-order valence-electron chi connectivity index (χ2n) is 6.65. The number of aryl methyl sites for hydroxylation is 1. The first kappa shape index (κ1) is 15.4. The van der Waals surface area contributed by atoms with Crippen LogP contribution in [0.3, 0.4) is 0 Å². The van der Waals surface area contributed by atoms with Crippen LogP contribution in [0.1, 0.15) is 71.0 Å². The first-order valence-electron chi connectivity index (χ1n) is 8.42. The van der Waals surface area contributed by atoms with E-state index in [0.717, 1.165) is 30.0 Å². The Morgan fingerprint density at radius 3 is 2.80 bits per heavy atom. The Kier molecular flexibility index (Phi) is 5.50. The lowest BCUT2D eigenvalue weighted by molar-refractivity contribution is 0.186. The van der Waals surface area contributed by atoms with Gasteiger partial charge < -0.3 is 9.88 Å². The van der Waals surface area contributed by atoms with E-state index >= 15 is 0 Å². The topological polar surface area (TPSA) is 29.9 Å². The zero-order valence-electron chi connectivity index (χ0n) is 13.7. The molecule has 1 N–H and O–H groups in total. The standard InChI is InChI=1S/C17H31N3/c1-5-6-11-18-17-19-14(4)12-20(17)16-10-8-7-9-15(16)13(2)3/h12-13,15-16H,5-11H2,1-4H3,(H,18,19). The summed E-state index contributed by atoms with van der Waals surface area (Å²) in [6.07, 6.45) is 10.1. The average molecular weight is 277 g/mol. The van der Waals surface area contributed by atoms with Crippen LogP contribution in [0.15, 0.2) is 6.20 Å². The molecule has 0 saturated heterocycles. The fourth-order valence-electron chi connectivity index (χ4n) is 3.54. The number of anilines is 1. The molecule has 3 nitrogen and oxygen atoms in total. The number of imidazole rings is 1. The number of unbranched alkanes of at least 4 members (excludes halogenated alkanes) is 1. The quantitative estimate of drug-likeness (QED) is 0.758. The highest BCUT2D eigenvalue weighted by atomic mass is 15.2. The van der Waals surface area contributed by atoms with Crippen molar-refractivity contribution < 1.29 is 0 Å². The molecule has 0 radical (unpaired) electrons. The normalized spacial score (nSPS) is 23.2. The van der Waals surface area contributed by atoms with E-state index in [1.807, 2.05) is 0 Å². The molecular weight excluding hydrogens is 246 g/mol. The van der Waals surface area contributed by atoms with E-state index in [0.29, 0.717) is 6.04 Å². The van der Waals surface area contributed by atoms with Crippen molar-refractivity contribution in [3.8, 4) is 0 Å². The lowest BCUT2D eigenvalue weighted by Crippen LogP contribution is -2.27. The van der Waals surface area contributed by atoms with Gasteiger partial charge in [-0.1, -0.05) is 40.0 Å². The van der Waals surface area contributed by atoms with Gasteiger partial charge >= 0.3 is 0 Å². The van der Waals surface area contributed by atoms with E-state index in [-0.39, 0.29) is 0 Å². The summed E-state index contributed by atoms with van der Waals surface area (Å²) in [5.41, 5.74) is 1.14. The Bertz CT molecular complexity index is 408. The maximum absolute atomic E-state index is 4.70. The molecule has 0 aliphatic heterocycles. The van der Waals surface area contributed by atoms with Gasteiger partial charge in [0.15, 0.2) is 0 Å². The summed E-state index contributed by atoms with van der Waals surface area (Å²) in [5.74, 6) is 2.64. The van der Waals surface area contributed by atoms with Gasteiger partial charge in [0.05, 0.1) is 5.69 Å². The van der Waals surface area contributed by atoms with Crippen molar-refractivity contribution in [1.29, 1.82) is 0 Å². The molecule has 3 heteroatoms. The molecule has 0 bridgehead atoms. The molecule has 1 aliphatic carbocycles. The number of nitrogens with zero attached hydrogens (tertiary/aromatic N) is 2. The largest absolute Gasteiger partial charge is 0.356 e. The minimum Gasteiger partial charge on any atom is -0.356 e. The van der Waals surface area contributed by atoms with Crippen LogP contribution in [-0.2, 0) is 0 Å². The highest BCUT2D eigenvalue weighted by Gasteiger charge is 2.30. The van der Waals surface area contributed by atoms with E-state index < -0.39 is 0 Å². The number of hydrogen-bond donors (Lipinski definition) is 1. The molecule has 1 fully saturated rings. The third kappa shape index (κ3) is 3.56. The van der Waals surface area contributed by atoms with E-state index in [9.17, 15) is 0 Å². The fourth-order valence-corrected chi connectivity index (χ4v) is 3.54. The number of aromatic nitrogens is 2. The highest BCUT2D eigenvalue weighted by Crippen LogP contribution is 2.39. The molecule has 1 aliphatic rings. The molecule has 1 aromatic heterocycles. The highest BCUT2D eigenvalue weighted by molar-refractivity contribution is 5.29. The molecule has 2 unspecified atom stereocenters. The van der Waals surface area contributed by atoms with E-state index in [4.69, 9.17) is 4.98 Å². The Labute approximate surface area is 124 Å². The minimum absolute atomic E-state index is 0.633. The van der Waals surface area contributed by atoms with Crippen LogP contribution in [0.5, 0.6) is 0 Å². The van der Waals surface area contributed by atoms with E-state index in [1.54, 1.807) is 0 Å². The Hall–Kier alpha value is -0.990. The summed E-state index contributed by atoms with van der Waals surface area (Å²) < 4.78 is 2.44. The Balaban J connectivity index is 2.16. The van der Waals surface area contributed by atoms with E-state index in [2.05, 4.69) is 43.8 Å². The smallest absolute Gasteiger partial charge is 0.203 e. The zero-order valence-corrected chi connectivity index (χ0v) is 13.7. The molecule has 1 heterocycles. The van der Waals surface area contributed by atoms with Gasteiger partial charge in [-0.2, -0.15) is 0 Å². The van der Waals surface area contributed by atoms with Crippen LogP contribution in [-0.4, -0.2) is 16.1 Å². The summed E-state index contributed by atoms with van der Waals surface area (Å²) in [6.45, 7) is 10.1. The van der Waals surface area contributed by atoms with Gasteiger partial charge in [0.25, 0.3) is 0 Å². The summed E-state index contributed by atoms with van der Waals surface area (Å²) in [7, 11) is 0. The predicted octanol–water partition coefficient (Wildman–Crippen LogP) is 4.79. The Morgan fingerprint density at radius 2 is 2.10 bits per heavy atom. The van der Waals surface area contributed by atoms with Crippen molar-refractivity contribution in [2.45, 2.75) is 72.3 Å². The molecule has 0 aromatic carbocycles. The van der Waals surface area contributed by atoms with Crippen LogP contribution < -0.4 is 5.32 Å². The molecule has 2 rings (SSSR count). The van der Waals surface area contributed by atoms with Gasteiger partial charge in [-0.05, 0) is 38.0 Å². The second kappa shape index (κ2) is 7.14. The molecule has 1 saturated carbocycles. The van der Waals surface area contributed by atoms with Gasteiger partial charge in [0, 0.05) is 18.8 Å². The van der Waals surface area contributed by atoms with Crippen LogP contribution in [0, 0.1) is 18.8 Å². The molecular formula is C17H31N3. The summed E-state index contributed by atoms with van der Waals surface area (Å²) in [6, 6.07) is 0.633. The van der Waals surface area contributed by atoms with Crippen molar-refractivity contribution in [2.75, 3.05) is 11.9 Å². The van der Waals surface area contributed by atoms with Gasteiger partial charge in [0.2, 0.25) is 5.95 Å². The Morgan fingerprint density at radius 1 is 1.35 bits per heavy atom. The molecule has 2 atom stereocenters. The van der Waals surface area contributed by atoms with Crippen molar-refractivity contribution in [3.63, 3.8) is 0 Å². The van der Waals surface area contributed by atoms with Crippen molar-refractivity contribution >= 4 is 5.95 Å². The van der Waals surface area contributed by atoms with Crippen LogP contribution in [0.25, 0.3) is 0 Å². The van der Waals surface area contributed by atoms with Gasteiger partial charge in [-0.3, -0.25) is 0 Å². The SMILES string of the molecule is CCCCNc1nc(C)cn1C1CCCCC1C(C)C. The van der Waals surface area contributed by atoms with Crippen LogP contribution >= 0.6 is 0 Å². The number of rotatable bonds is 6. The second-order valence-corrected chi connectivity index (χ2v) is 6.65. The summed E-state index contributed by atoms with van der Waals surface area (Å²) >= 11 is 0. The van der Waals surface area contributed by atoms with E-state index in [1.165, 1.54) is 38.5 Å². The maximum atomic E-state index is 4.70. The third-order valence-electron chi connectivity index (χ3n) is 4.66. The molecule has 0 amide bonds. The van der Waals surface area contributed by atoms with Gasteiger partial charge in [-0.15, -0.1) is 0 Å². The molecule has 0 spiro atoms. The van der Waals surface area contributed by atoms with Crippen LogP contribution in [0.4, 0.5) is 5.95 Å². The zero-order chi connectivity index (χ0) is 14.5. The van der Waals surface area contributed by atoms with Crippen LogP contribution in [0.2, 0.25) is 0 Å². The predicted molar refractivity (Wildman–Crippen MR) is 86.2 cm³/mol. The number of hydrogen-bond acceptors (Lipinski definition) is 2. The molecule has 114 valence electrons. The van der Waals surface area contributed by atoms with Crippen molar-refractivity contribution in [2.24, 2.45) is 11.8 Å². The van der Waals surface area contributed by atoms with Gasteiger partial charge in [-0.25, -0.2) is 4.98 Å². The third-order valence-corrected chi connectivity index (χ3v) is 4.66. The molecule has 20 heavy (non-hydrogen) atoms. The minimum atomic E-state index is 0.633. The number of nitrogens with one attached hydrogen (secondary N) is 1. The summed E-state index contributed by atoms with van der Waals surface area (Å²) in [5, 5.41) is 3.54. The van der Waals surface area contributed by atoms with Crippen molar-refractivity contribution in [1.82, 2.24) is 9.55 Å².